The number of aromatic nitrogens is 2. The van der Waals surface area contributed by atoms with Gasteiger partial charge in [-0.25, -0.2) is 9.97 Å². The van der Waals surface area contributed by atoms with Crippen molar-refractivity contribution in [2.45, 2.75) is 0 Å². The molecular weight excluding hydrogens is 492 g/mol. The fourth-order valence-corrected chi connectivity index (χ4v) is 6.73. The van der Waals surface area contributed by atoms with Gasteiger partial charge in [-0.15, -0.1) is 11.3 Å². The van der Waals surface area contributed by atoms with Gasteiger partial charge in [-0.2, -0.15) is 0 Å². The van der Waals surface area contributed by atoms with Gasteiger partial charge in [-0.3, -0.25) is 0 Å². The maximum Gasteiger partial charge on any atom is 0.160 e. The molecular formula is C36H22N2S. The van der Waals surface area contributed by atoms with Crippen LogP contribution in [0.1, 0.15) is 0 Å². The highest BCUT2D eigenvalue weighted by Crippen LogP contribution is 2.43. The first kappa shape index (κ1) is 22.2. The van der Waals surface area contributed by atoms with Crippen LogP contribution in [0.25, 0.3) is 75.6 Å². The summed E-state index contributed by atoms with van der Waals surface area (Å²) in [6, 6.07) is 47.1. The highest BCUT2D eigenvalue weighted by Gasteiger charge is 2.18. The summed E-state index contributed by atoms with van der Waals surface area (Å²) in [5, 5.41) is 6.08. The van der Waals surface area contributed by atoms with E-state index in [-0.39, 0.29) is 0 Å². The molecule has 8 rings (SSSR count). The molecule has 39 heavy (non-hydrogen) atoms. The van der Waals surface area contributed by atoms with Crippen molar-refractivity contribution in [2.75, 3.05) is 0 Å². The van der Waals surface area contributed by atoms with Crippen LogP contribution in [0.2, 0.25) is 0 Å². The van der Waals surface area contributed by atoms with Crippen molar-refractivity contribution in [1.82, 2.24) is 9.97 Å². The second-order valence-corrected chi connectivity index (χ2v) is 10.9. The number of fused-ring (bicyclic) bond motifs is 7. The molecule has 0 aliphatic rings. The molecule has 6 aromatic carbocycles. The first-order valence-electron chi connectivity index (χ1n) is 13.1. The molecule has 0 spiro atoms. The molecule has 2 aromatic heterocycles. The first-order valence-corrected chi connectivity index (χ1v) is 13.9. The summed E-state index contributed by atoms with van der Waals surface area (Å²) in [5.41, 5.74) is 6.45. The van der Waals surface area contributed by atoms with Crippen LogP contribution in [0.4, 0.5) is 0 Å². The molecule has 0 unspecified atom stereocenters. The van der Waals surface area contributed by atoms with Crippen LogP contribution in [0, 0.1) is 0 Å². The third-order valence-corrected chi connectivity index (χ3v) is 8.61. The highest BCUT2D eigenvalue weighted by atomic mass is 32.1. The molecule has 0 bridgehead atoms. The second-order valence-electron chi connectivity index (χ2n) is 9.80. The van der Waals surface area contributed by atoms with E-state index in [4.69, 9.17) is 9.97 Å². The minimum absolute atomic E-state index is 0.744. The fourth-order valence-electron chi connectivity index (χ4n) is 5.60. The molecule has 0 atom stereocenters. The zero-order valence-corrected chi connectivity index (χ0v) is 21.8. The quantitative estimate of drug-likeness (QED) is 0.234. The van der Waals surface area contributed by atoms with Crippen molar-refractivity contribution in [3.63, 3.8) is 0 Å². The van der Waals surface area contributed by atoms with Gasteiger partial charge in [-0.1, -0.05) is 115 Å². The lowest BCUT2D eigenvalue weighted by Crippen LogP contribution is -1.95. The Hall–Kier alpha value is -4.86. The van der Waals surface area contributed by atoms with E-state index in [1.54, 1.807) is 0 Å². The number of thiophene rings is 1. The summed E-state index contributed by atoms with van der Waals surface area (Å²) in [7, 11) is 0. The Kier molecular flexibility index (Phi) is 5.04. The Morgan fingerprint density at radius 1 is 0.410 bits per heavy atom. The largest absolute Gasteiger partial charge is 0.227 e. The molecule has 0 fully saturated rings. The SMILES string of the molecule is c1ccc(-c2ccc(-c3nc(-c4ccccc4)c4ccc5sc6ccc7ccccc7c6c5c4n3)cc2)cc1. The van der Waals surface area contributed by atoms with Gasteiger partial charge in [0, 0.05) is 36.7 Å². The van der Waals surface area contributed by atoms with E-state index in [0.29, 0.717) is 0 Å². The van der Waals surface area contributed by atoms with Crippen molar-refractivity contribution < 1.29 is 0 Å². The van der Waals surface area contributed by atoms with E-state index >= 15 is 0 Å². The number of benzene rings is 6. The van der Waals surface area contributed by atoms with Crippen molar-refractivity contribution in [2.24, 2.45) is 0 Å². The Labute approximate surface area is 229 Å². The third-order valence-electron chi connectivity index (χ3n) is 7.49. The molecule has 2 heterocycles. The summed E-state index contributed by atoms with van der Waals surface area (Å²) >= 11 is 1.83. The van der Waals surface area contributed by atoms with Gasteiger partial charge in [0.05, 0.1) is 11.2 Å². The van der Waals surface area contributed by atoms with E-state index in [0.717, 1.165) is 33.5 Å². The Bertz CT molecular complexity index is 2150. The summed E-state index contributed by atoms with van der Waals surface area (Å²) in [6.45, 7) is 0. The van der Waals surface area contributed by atoms with Gasteiger partial charge in [-0.05, 0) is 40.1 Å². The topological polar surface area (TPSA) is 25.8 Å². The average molecular weight is 515 g/mol. The number of hydrogen-bond donors (Lipinski definition) is 0. The molecule has 0 aliphatic heterocycles. The first-order chi connectivity index (χ1) is 19.3. The maximum absolute atomic E-state index is 5.29. The van der Waals surface area contributed by atoms with Gasteiger partial charge in [0.1, 0.15) is 0 Å². The lowest BCUT2D eigenvalue weighted by atomic mass is 9.99. The molecule has 8 aromatic rings. The summed E-state index contributed by atoms with van der Waals surface area (Å²) in [5.74, 6) is 0.744. The Morgan fingerprint density at radius 2 is 1.03 bits per heavy atom. The summed E-state index contributed by atoms with van der Waals surface area (Å²) in [4.78, 5) is 10.5. The number of hydrogen-bond acceptors (Lipinski definition) is 3. The third kappa shape index (κ3) is 3.63. The lowest BCUT2D eigenvalue weighted by molar-refractivity contribution is 1.23. The van der Waals surface area contributed by atoms with E-state index in [1.807, 2.05) is 23.5 Å². The van der Waals surface area contributed by atoms with Crippen molar-refractivity contribution >= 4 is 53.2 Å². The Morgan fingerprint density at radius 3 is 1.82 bits per heavy atom. The number of nitrogens with zero attached hydrogens (tertiary/aromatic N) is 2. The van der Waals surface area contributed by atoms with Crippen molar-refractivity contribution in [3.8, 4) is 33.8 Å². The predicted octanol–water partition coefficient (Wildman–Crippen LogP) is 10.2. The van der Waals surface area contributed by atoms with Crippen LogP contribution in [0.15, 0.2) is 133 Å². The zero-order valence-electron chi connectivity index (χ0n) is 21.0. The predicted molar refractivity (Wildman–Crippen MR) is 166 cm³/mol. The van der Waals surface area contributed by atoms with Gasteiger partial charge >= 0.3 is 0 Å². The normalized spacial score (nSPS) is 11.6. The van der Waals surface area contributed by atoms with Gasteiger partial charge in [0.2, 0.25) is 0 Å². The molecule has 0 saturated carbocycles. The molecule has 182 valence electrons. The van der Waals surface area contributed by atoms with Crippen molar-refractivity contribution in [3.05, 3.63) is 133 Å². The van der Waals surface area contributed by atoms with Crippen LogP contribution >= 0.6 is 11.3 Å². The van der Waals surface area contributed by atoms with Crippen molar-refractivity contribution in [1.29, 1.82) is 0 Å². The molecule has 0 amide bonds. The van der Waals surface area contributed by atoms with E-state index in [9.17, 15) is 0 Å². The van der Waals surface area contributed by atoms with E-state index < -0.39 is 0 Å². The summed E-state index contributed by atoms with van der Waals surface area (Å²) in [6.07, 6.45) is 0. The molecule has 0 radical (unpaired) electrons. The van der Waals surface area contributed by atoms with E-state index in [1.165, 1.54) is 42.1 Å². The van der Waals surface area contributed by atoms with Crippen LogP contribution in [0.5, 0.6) is 0 Å². The minimum Gasteiger partial charge on any atom is -0.227 e. The average Bonchev–Trinajstić information content (AvgIpc) is 3.41. The minimum atomic E-state index is 0.744. The maximum atomic E-state index is 5.29. The molecule has 3 heteroatoms. The van der Waals surface area contributed by atoms with Crippen LogP contribution in [-0.4, -0.2) is 9.97 Å². The monoisotopic (exact) mass is 514 g/mol. The lowest BCUT2D eigenvalue weighted by Gasteiger charge is -2.11. The molecule has 2 nitrogen and oxygen atoms in total. The Balaban J connectivity index is 1.44. The highest BCUT2D eigenvalue weighted by molar-refractivity contribution is 7.26. The standard InChI is InChI=1S/C36H22N2S/c1-3-9-23(10-4-1)24-15-17-27(18-16-24)36-37-34(26-12-5-2-6-13-26)29-20-22-31-33(35(29)38-36)32-28-14-8-7-11-25(28)19-21-30(32)39-31/h1-22H. The second kappa shape index (κ2) is 8.87. The van der Waals surface area contributed by atoms with Crippen LogP contribution < -0.4 is 0 Å². The molecule has 0 aliphatic carbocycles. The van der Waals surface area contributed by atoms with Gasteiger partial charge < -0.3 is 0 Å². The number of rotatable bonds is 3. The zero-order chi connectivity index (χ0) is 25.8. The molecule has 0 saturated heterocycles. The van der Waals surface area contributed by atoms with E-state index in [2.05, 4.69) is 121 Å². The van der Waals surface area contributed by atoms with Crippen LogP contribution in [-0.2, 0) is 0 Å². The van der Waals surface area contributed by atoms with Gasteiger partial charge in [0.15, 0.2) is 5.82 Å². The fraction of sp³-hybridized carbons (Fsp3) is 0. The van der Waals surface area contributed by atoms with Crippen LogP contribution in [0.3, 0.4) is 0 Å². The van der Waals surface area contributed by atoms with Gasteiger partial charge in [0.25, 0.3) is 0 Å². The molecule has 0 N–H and O–H groups in total. The summed E-state index contributed by atoms with van der Waals surface area (Å²) < 4.78 is 2.53. The smallest absolute Gasteiger partial charge is 0.160 e.